The zero-order valence-electron chi connectivity index (χ0n) is 7.97. The van der Waals surface area contributed by atoms with Gasteiger partial charge < -0.3 is 10.3 Å². The number of anilines is 1. The van der Waals surface area contributed by atoms with Crippen molar-refractivity contribution < 1.29 is 0 Å². The molecule has 2 aromatic rings. The van der Waals surface area contributed by atoms with Crippen molar-refractivity contribution in [2.45, 2.75) is 6.92 Å². The molecule has 0 aliphatic heterocycles. The second-order valence-electron chi connectivity index (χ2n) is 2.93. The van der Waals surface area contributed by atoms with Gasteiger partial charge >= 0.3 is 0 Å². The van der Waals surface area contributed by atoms with Gasteiger partial charge in [0.05, 0.1) is 0 Å². The standard InChI is InChI=1S/C8H10N6/c1-5-12-13-8(14(5)2)7-10-4-3-6(9)11-7/h3-4H,1-2H3,(H2,9,10,11). The largest absolute Gasteiger partial charge is 0.384 e. The lowest BCUT2D eigenvalue weighted by molar-refractivity contribution is 0.857. The Kier molecular flexibility index (Phi) is 1.88. The highest BCUT2D eigenvalue weighted by Crippen LogP contribution is 2.12. The normalized spacial score (nSPS) is 10.4. The van der Waals surface area contributed by atoms with Gasteiger partial charge in [-0.2, -0.15) is 0 Å². The molecule has 14 heavy (non-hydrogen) atoms. The summed E-state index contributed by atoms with van der Waals surface area (Å²) in [5.74, 6) is 2.35. The fourth-order valence-electron chi connectivity index (χ4n) is 1.08. The molecule has 2 aromatic heterocycles. The van der Waals surface area contributed by atoms with Crippen LogP contribution >= 0.6 is 0 Å². The molecule has 0 aromatic carbocycles. The Bertz CT molecular complexity index is 461. The summed E-state index contributed by atoms with van der Waals surface area (Å²) in [6, 6.07) is 1.63. The number of nitrogen functional groups attached to an aromatic ring is 1. The lowest BCUT2D eigenvalue weighted by atomic mass is 10.5. The Morgan fingerprint density at radius 2 is 2.14 bits per heavy atom. The summed E-state index contributed by atoms with van der Waals surface area (Å²) in [6.07, 6.45) is 1.60. The van der Waals surface area contributed by atoms with Crippen molar-refractivity contribution in [1.82, 2.24) is 24.7 Å². The Morgan fingerprint density at radius 3 is 2.71 bits per heavy atom. The van der Waals surface area contributed by atoms with E-state index in [0.29, 0.717) is 17.5 Å². The van der Waals surface area contributed by atoms with Crippen LogP contribution in [0.25, 0.3) is 11.6 Å². The van der Waals surface area contributed by atoms with Crippen LogP contribution in [0.15, 0.2) is 12.3 Å². The molecular weight excluding hydrogens is 180 g/mol. The number of aryl methyl sites for hydroxylation is 1. The van der Waals surface area contributed by atoms with Gasteiger partial charge in [-0.3, -0.25) is 0 Å². The maximum Gasteiger partial charge on any atom is 0.201 e. The summed E-state index contributed by atoms with van der Waals surface area (Å²) < 4.78 is 1.81. The van der Waals surface area contributed by atoms with Gasteiger partial charge in [0.25, 0.3) is 0 Å². The summed E-state index contributed by atoms with van der Waals surface area (Å²) in [6.45, 7) is 1.86. The molecule has 0 bridgehead atoms. The highest BCUT2D eigenvalue weighted by molar-refractivity contribution is 5.46. The number of aromatic nitrogens is 5. The van der Waals surface area contributed by atoms with Crippen LogP contribution in [-0.4, -0.2) is 24.7 Å². The fourth-order valence-corrected chi connectivity index (χ4v) is 1.08. The molecule has 0 spiro atoms. The first-order valence-corrected chi connectivity index (χ1v) is 4.13. The van der Waals surface area contributed by atoms with Crippen molar-refractivity contribution in [3.63, 3.8) is 0 Å². The molecule has 0 saturated heterocycles. The number of hydrogen-bond acceptors (Lipinski definition) is 5. The summed E-state index contributed by atoms with van der Waals surface area (Å²) in [5.41, 5.74) is 5.54. The monoisotopic (exact) mass is 190 g/mol. The van der Waals surface area contributed by atoms with Gasteiger partial charge in [0.2, 0.25) is 5.82 Å². The van der Waals surface area contributed by atoms with E-state index in [9.17, 15) is 0 Å². The molecular formula is C8H10N6. The molecule has 0 aliphatic carbocycles. The van der Waals surface area contributed by atoms with Crippen molar-refractivity contribution in [2.75, 3.05) is 5.73 Å². The molecule has 0 saturated carbocycles. The Hall–Kier alpha value is -1.98. The van der Waals surface area contributed by atoms with Gasteiger partial charge in [-0.1, -0.05) is 0 Å². The third kappa shape index (κ3) is 1.30. The molecule has 0 aliphatic rings. The highest BCUT2D eigenvalue weighted by Gasteiger charge is 2.09. The molecule has 2 rings (SSSR count). The van der Waals surface area contributed by atoms with Crippen molar-refractivity contribution in [1.29, 1.82) is 0 Å². The molecule has 0 atom stereocenters. The molecule has 2 N–H and O–H groups in total. The van der Waals surface area contributed by atoms with E-state index in [0.717, 1.165) is 5.82 Å². The maximum absolute atomic E-state index is 5.54. The Labute approximate surface area is 80.8 Å². The van der Waals surface area contributed by atoms with Crippen LogP contribution in [0.1, 0.15) is 5.82 Å². The summed E-state index contributed by atoms with van der Waals surface area (Å²) >= 11 is 0. The average molecular weight is 190 g/mol. The quantitative estimate of drug-likeness (QED) is 0.692. The van der Waals surface area contributed by atoms with Crippen molar-refractivity contribution >= 4 is 5.82 Å². The predicted octanol–water partition coefficient (Wildman–Crippen LogP) is 0.163. The second-order valence-corrected chi connectivity index (χ2v) is 2.93. The first kappa shape index (κ1) is 8.61. The SMILES string of the molecule is Cc1nnc(-c2nccc(N)n2)n1C. The predicted molar refractivity (Wildman–Crippen MR) is 51.2 cm³/mol. The summed E-state index contributed by atoms with van der Waals surface area (Å²) in [5, 5.41) is 7.87. The van der Waals surface area contributed by atoms with Crippen LogP contribution in [-0.2, 0) is 7.05 Å². The van der Waals surface area contributed by atoms with Crippen LogP contribution in [0.4, 0.5) is 5.82 Å². The van der Waals surface area contributed by atoms with Gasteiger partial charge in [0, 0.05) is 13.2 Å². The van der Waals surface area contributed by atoms with Crippen molar-refractivity contribution in [3.05, 3.63) is 18.1 Å². The highest BCUT2D eigenvalue weighted by atomic mass is 15.3. The van der Waals surface area contributed by atoms with Gasteiger partial charge in [-0.25, -0.2) is 9.97 Å². The summed E-state index contributed by atoms with van der Waals surface area (Å²) in [7, 11) is 1.86. The molecule has 2 heterocycles. The number of nitrogens with zero attached hydrogens (tertiary/aromatic N) is 5. The summed E-state index contributed by atoms with van der Waals surface area (Å²) in [4.78, 5) is 8.13. The van der Waals surface area contributed by atoms with E-state index in [-0.39, 0.29) is 0 Å². The van der Waals surface area contributed by atoms with Gasteiger partial charge in [0.1, 0.15) is 11.6 Å². The van der Waals surface area contributed by atoms with Crippen LogP contribution in [0.5, 0.6) is 0 Å². The van der Waals surface area contributed by atoms with Gasteiger partial charge in [0.15, 0.2) is 5.82 Å². The Balaban J connectivity index is 2.55. The zero-order valence-corrected chi connectivity index (χ0v) is 7.97. The first-order valence-electron chi connectivity index (χ1n) is 4.13. The lowest BCUT2D eigenvalue weighted by Gasteiger charge is -1.99. The van der Waals surface area contributed by atoms with E-state index in [2.05, 4.69) is 20.2 Å². The van der Waals surface area contributed by atoms with Gasteiger partial charge in [-0.15, -0.1) is 10.2 Å². The lowest BCUT2D eigenvalue weighted by Crippen LogP contribution is -2.00. The topological polar surface area (TPSA) is 82.5 Å². The van der Waals surface area contributed by atoms with Crippen LogP contribution in [0.2, 0.25) is 0 Å². The van der Waals surface area contributed by atoms with Gasteiger partial charge in [-0.05, 0) is 13.0 Å². The maximum atomic E-state index is 5.54. The molecule has 6 nitrogen and oxygen atoms in total. The van der Waals surface area contributed by atoms with E-state index >= 15 is 0 Å². The first-order chi connectivity index (χ1) is 6.68. The molecule has 6 heteroatoms. The molecule has 0 fully saturated rings. The fraction of sp³-hybridized carbons (Fsp3) is 0.250. The second kappa shape index (κ2) is 3.06. The molecule has 0 amide bonds. The van der Waals surface area contributed by atoms with E-state index in [1.54, 1.807) is 12.3 Å². The molecule has 0 unspecified atom stereocenters. The number of nitrogens with two attached hydrogens (primary N) is 1. The van der Waals surface area contributed by atoms with Crippen LogP contribution in [0, 0.1) is 6.92 Å². The minimum atomic E-state index is 0.427. The third-order valence-corrected chi connectivity index (χ3v) is 1.97. The van der Waals surface area contributed by atoms with Crippen LogP contribution < -0.4 is 5.73 Å². The van der Waals surface area contributed by atoms with E-state index in [1.165, 1.54) is 0 Å². The zero-order chi connectivity index (χ0) is 10.1. The van der Waals surface area contributed by atoms with Crippen molar-refractivity contribution in [2.24, 2.45) is 7.05 Å². The van der Waals surface area contributed by atoms with E-state index in [1.807, 2.05) is 18.5 Å². The smallest absolute Gasteiger partial charge is 0.201 e. The average Bonchev–Trinajstić information content (AvgIpc) is 2.48. The van der Waals surface area contributed by atoms with Crippen molar-refractivity contribution in [3.8, 4) is 11.6 Å². The van der Waals surface area contributed by atoms with E-state index < -0.39 is 0 Å². The Morgan fingerprint density at radius 1 is 1.36 bits per heavy atom. The third-order valence-electron chi connectivity index (χ3n) is 1.97. The number of rotatable bonds is 1. The number of hydrogen-bond donors (Lipinski definition) is 1. The minimum absolute atomic E-state index is 0.427. The molecule has 0 radical (unpaired) electrons. The van der Waals surface area contributed by atoms with E-state index in [4.69, 9.17) is 5.73 Å². The minimum Gasteiger partial charge on any atom is -0.384 e. The molecule has 72 valence electrons. The van der Waals surface area contributed by atoms with Crippen LogP contribution in [0.3, 0.4) is 0 Å².